The second kappa shape index (κ2) is 3.32. The average Bonchev–Trinajstić information content (AvgIpc) is 2.15. The lowest BCUT2D eigenvalue weighted by atomic mass is 10.1. The van der Waals surface area contributed by atoms with Crippen LogP contribution in [0.25, 0.3) is 0 Å². The third-order valence-corrected chi connectivity index (χ3v) is 1.82. The van der Waals surface area contributed by atoms with Crippen LogP contribution in [-0.4, -0.2) is 39.0 Å². The molecule has 0 aliphatic carbocycles. The zero-order valence-corrected chi connectivity index (χ0v) is 6.64. The summed E-state index contributed by atoms with van der Waals surface area (Å²) in [4.78, 5) is 0. The van der Waals surface area contributed by atoms with Crippen molar-refractivity contribution in [2.24, 2.45) is 0 Å². The van der Waals surface area contributed by atoms with Crippen molar-refractivity contribution >= 4 is 0 Å². The molecule has 1 N–H and O–H groups in total. The lowest BCUT2D eigenvalue weighted by molar-refractivity contribution is -0.0462. The van der Waals surface area contributed by atoms with Crippen molar-refractivity contribution in [3.8, 4) is 0 Å². The summed E-state index contributed by atoms with van der Waals surface area (Å²) in [7, 11) is 1.72. The van der Waals surface area contributed by atoms with Gasteiger partial charge >= 0.3 is 0 Å². The Morgan fingerprint density at radius 3 is 3.10 bits per heavy atom. The molecule has 0 spiro atoms. The van der Waals surface area contributed by atoms with E-state index in [1.165, 1.54) is 0 Å². The molecule has 0 aromatic heterocycles. The van der Waals surface area contributed by atoms with E-state index >= 15 is 0 Å². The fraction of sp³-hybridized carbons (Fsp3) is 1.00. The normalized spacial score (nSPS) is 35.4. The van der Waals surface area contributed by atoms with Gasteiger partial charge in [-0.25, -0.2) is 0 Å². The Morgan fingerprint density at radius 1 is 1.60 bits per heavy atom. The van der Waals surface area contributed by atoms with E-state index in [1.807, 2.05) is 6.92 Å². The molecule has 1 saturated heterocycles. The Labute approximate surface area is 61.7 Å². The Bertz CT molecular complexity index is 97.8. The molecule has 0 saturated carbocycles. The van der Waals surface area contributed by atoms with Gasteiger partial charge in [0.2, 0.25) is 0 Å². The van der Waals surface area contributed by atoms with Crippen LogP contribution in [-0.2, 0) is 9.47 Å². The molecule has 1 unspecified atom stereocenters. The van der Waals surface area contributed by atoms with Gasteiger partial charge in [-0.05, 0) is 6.92 Å². The average molecular weight is 145 g/mol. The van der Waals surface area contributed by atoms with E-state index < -0.39 is 0 Å². The first kappa shape index (κ1) is 7.98. The van der Waals surface area contributed by atoms with Gasteiger partial charge in [0.25, 0.3) is 0 Å². The number of rotatable bonds is 1. The summed E-state index contributed by atoms with van der Waals surface area (Å²) in [5, 5.41) is 3.24. The maximum Gasteiger partial charge on any atom is 0.101 e. The topological polar surface area (TPSA) is 30.5 Å². The minimum Gasteiger partial charge on any atom is -0.377 e. The molecule has 1 fully saturated rings. The first-order valence-electron chi connectivity index (χ1n) is 3.60. The van der Waals surface area contributed by atoms with E-state index in [2.05, 4.69) is 5.32 Å². The van der Waals surface area contributed by atoms with Gasteiger partial charge in [-0.1, -0.05) is 0 Å². The minimum absolute atomic E-state index is 0.128. The van der Waals surface area contributed by atoms with Crippen molar-refractivity contribution < 1.29 is 9.47 Å². The number of ether oxygens (including phenoxy) is 2. The van der Waals surface area contributed by atoms with Gasteiger partial charge in [-0.3, -0.25) is 0 Å². The van der Waals surface area contributed by atoms with Crippen LogP contribution in [0.5, 0.6) is 0 Å². The highest BCUT2D eigenvalue weighted by Gasteiger charge is 2.24. The summed E-state index contributed by atoms with van der Waals surface area (Å²) < 4.78 is 10.6. The van der Waals surface area contributed by atoms with Gasteiger partial charge in [-0.15, -0.1) is 0 Å². The van der Waals surface area contributed by atoms with Crippen molar-refractivity contribution in [3.63, 3.8) is 0 Å². The zero-order chi connectivity index (χ0) is 7.45. The standard InChI is InChI=1S/C7H15NO2/c1-7(9-2)5-8-3-4-10-6-7/h8H,3-6H2,1-2H3. The molecule has 0 amide bonds. The summed E-state index contributed by atoms with van der Waals surface area (Å²) in [5.41, 5.74) is -0.128. The molecule has 3 heteroatoms. The Kier molecular flexibility index (Phi) is 2.65. The number of nitrogens with one attached hydrogen (secondary N) is 1. The van der Waals surface area contributed by atoms with E-state index in [9.17, 15) is 0 Å². The van der Waals surface area contributed by atoms with E-state index in [-0.39, 0.29) is 5.60 Å². The summed E-state index contributed by atoms with van der Waals surface area (Å²) >= 11 is 0. The molecule has 0 aromatic rings. The zero-order valence-electron chi connectivity index (χ0n) is 6.64. The second-order valence-corrected chi connectivity index (χ2v) is 2.88. The van der Waals surface area contributed by atoms with Gasteiger partial charge in [-0.2, -0.15) is 0 Å². The van der Waals surface area contributed by atoms with Gasteiger partial charge in [0, 0.05) is 20.2 Å². The van der Waals surface area contributed by atoms with Crippen molar-refractivity contribution in [2.75, 3.05) is 33.4 Å². The molecule has 60 valence electrons. The van der Waals surface area contributed by atoms with E-state index in [1.54, 1.807) is 7.11 Å². The summed E-state index contributed by atoms with van der Waals surface area (Å²) in [6.45, 7) is 5.34. The molecule has 10 heavy (non-hydrogen) atoms. The molecule has 1 aliphatic rings. The molecule has 1 rings (SSSR count). The van der Waals surface area contributed by atoms with Crippen LogP contribution >= 0.6 is 0 Å². The molecular formula is C7H15NO2. The maximum atomic E-state index is 5.31. The summed E-state index contributed by atoms with van der Waals surface area (Å²) in [6.07, 6.45) is 0. The van der Waals surface area contributed by atoms with E-state index in [0.29, 0.717) is 6.61 Å². The maximum absolute atomic E-state index is 5.31. The molecule has 0 bridgehead atoms. The van der Waals surface area contributed by atoms with Crippen LogP contribution in [0.1, 0.15) is 6.92 Å². The Balaban J connectivity index is 2.41. The molecular weight excluding hydrogens is 130 g/mol. The van der Waals surface area contributed by atoms with Crippen LogP contribution in [0.3, 0.4) is 0 Å². The quantitative estimate of drug-likeness (QED) is 0.564. The Hall–Kier alpha value is -0.120. The lowest BCUT2D eigenvalue weighted by Gasteiger charge is -2.24. The van der Waals surface area contributed by atoms with Gasteiger partial charge in [0.15, 0.2) is 0 Å². The van der Waals surface area contributed by atoms with Crippen molar-refractivity contribution in [2.45, 2.75) is 12.5 Å². The Morgan fingerprint density at radius 2 is 2.40 bits per heavy atom. The lowest BCUT2D eigenvalue weighted by Crippen LogP contribution is -2.41. The fourth-order valence-corrected chi connectivity index (χ4v) is 0.967. The molecule has 3 nitrogen and oxygen atoms in total. The highest BCUT2D eigenvalue weighted by atomic mass is 16.5. The monoisotopic (exact) mass is 145 g/mol. The third-order valence-electron chi connectivity index (χ3n) is 1.82. The van der Waals surface area contributed by atoms with Gasteiger partial charge in [0.1, 0.15) is 5.60 Å². The van der Waals surface area contributed by atoms with Crippen molar-refractivity contribution in [1.82, 2.24) is 5.32 Å². The van der Waals surface area contributed by atoms with Gasteiger partial charge < -0.3 is 14.8 Å². The third kappa shape index (κ3) is 1.94. The van der Waals surface area contributed by atoms with Crippen molar-refractivity contribution in [3.05, 3.63) is 0 Å². The van der Waals surface area contributed by atoms with Crippen LogP contribution < -0.4 is 5.32 Å². The van der Waals surface area contributed by atoms with Crippen LogP contribution in [0.4, 0.5) is 0 Å². The highest BCUT2D eigenvalue weighted by molar-refractivity contribution is 4.79. The molecule has 1 heterocycles. The highest BCUT2D eigenvalue weighted by Crippen LogP contribution is 2.09. The molecule has 0 radical (unpaired) electrons. The number of hydrogen-bond acceptors (Lipinski definition) is 3. The first-order valence-corrected chi connectivity index (χ1v) is 3.60. The molecule has 0 aromatic carbocycles. The van der Waals surface area contributed by atoms with Gasteiger partial charge in [0.05, 0.1) is 13.2 Å². The smallest absolute Gasteiger partial charge is 0.101 e. The predicted octanol–water partition coefficient (Wildman–Crippen LogP) is 0.0113. The van der Waals surface area contributed by atoms with Crippen molar-refractivity contribution in [1.29, 1.82) is 0 Å². The largest absolute Gasteiger partial charge is 0.377 e. The number of hydrogen-bond donors (Lipinski definition) is 1. The second-order valence-electron chi connectivity index (χ2n) is 2.88. The van der Waals surface area contributed by atoms with Crippen LogP contribution in [0, 0.1) is 0 Å². The molecule has 1 aliphatic heterocycles. The SMILES string of the molecule is COC1(C)CNCCOC1. The van der Waals surface area contributed by atoms with E-state index in [0.717, 1.165) is 19.7 Å². The minimum atomic E-state index is -0.128. The van der Waals surface area contributed by atoms with Crippen LogP contribution in [0.2, 0.25) is 0 Å². The van der Waals surface area contributed by atoms with E-state index in [4.69, 9.17) is 9.47 Å². The van der Waals surface area contributed by atoms with Crippen LogP contribution in [0.15, 0.2) is 0 Å². The first-order chi connectivity index (χ1) is 4.77. The molecule has 1 atom stereocenters. The predicted molar refractivity (Wildman–Crippen MR) is 39.1 cm³/mol. The number of methoxy groups -OCH3 is 1. The fourth-order valence-electron chi connectivity index (χ4n) is 0.967. The summed E-state index contributed by atoms with van der Waals surface area (Å²) in [5.74, 6) is 0. The summed E-state index contributed by atoms with van der Waals surface area (Å²) in [6, 6.07) is 0.